The normalized spacial score (nSPS) is 10.8. The van der Waals surface area contributed by atoms with Gasteiger partial charge in [0.2, 0.25) is 0 Å². The summed E-state index contributed by atoms with van der Waals surface area (Å²) in [6.45, 7) is 0.460. The molecule has 0 unspecified atom stereocenters. The van der Waals surface area contributed by atoms with Crippen LogP contribution in [0.1, 0.15) is 11.3 Å². The van der Waals surface area contributed by atoms with Gasteiger partial charge in [-0.3, -0.25) is 15.0 Å². The van der Waals surface area contributed by atoms with Gasteiger partial charge in [-0.15, -0.1) is 0 Å². The first-order chi connectivity index (χ1) is 7.86. The van der Waals surface area contributed by atoms with Gasteiger partial charge in [0.05, 0.1) is 18.4 Å². The van der Waals surface area contributed by atoms with E-state index in [1.807, 2.05) is 6.07 Å². The van der Waals surface area contributed by atoms with Crippen molar-refractivity contribution in [1.29, 1.82) is 0 Å². The number of para-hydroxylation sites is 1. The van der Waals surface area contributed by atoms with E-state index in [1.165, 1.54) is 0 Å². The molecule has 0 saturated carbocycles. The fourth-order valence-electron chi connectivity index (χ4n) is 1.25. The van der Waals surface area contributed by atoms with Crippen LogP contribution in [-0.2, 0) is 6.54 Å². The first-order valence-electron chi connectivity index (χ1n) is 4.89. The predicted molar refractivity (Wildman–Crippen MR) is 61.4 cm³/mol. The summed E-state index contributed by atoms with van der Waals surface area (Å²) < 4.78 is 0. The zero-order valence-electron chi connectivity index (χ0n) is 8.61. The van der Waals surface area contributed by atoms with Gasteiger partial charge in [0.1, 0.15) is 5.75 Å². The second-order valence-electron chi connectivity index (χ2n) is 3.23. The van der Waals surface area contributed by atoms with Crippen LogP contribution in [0.15, 0.2) is 47.8 Å². The lowest BCUT2D eigenvalue weighted by Gasteiger charge is -1.97. The van der Waals surface area contributed by atoms with Gasteiger partial charge in [0.25, 0.3) is 0 Å². The molecule has 0 radical (unpaired) electrons. The van der Waals surface area contributed by atoms with Gasteiger partial charge in [-0.2, -0.15) is 0 Å². The molecule has 0 fully saturated rings. The number of aliphatic imine (C=N–C) groups is 1. The molecular formula is C12H11N3O. The minimum absolute atomic E-state index is 0.227. The second kappa shape index (κ2) is 5.02. The number of phenols is 1. The van der Waals surface area contributed by atoms with Gasteiger partial charge in [0, 0.05) is 24.2 Å². The van der Waals surface area contributed by atoms with E-state index in [4.69, 9.17) is 0 Å². The zero-order valence-corrected chi connectivity index (χ0v) is 8.61. The third-order valence-electron chi connectivity index (χ3n) is 2.04. The van der Waals surface area contributed by atoms with Crippen molar-refractivity contribution in [2.45, 2.75) is 6.54 Å². The lowest BCUT2D eigenvalue weighted by atomic mass is 10.2. The van der Waals surface area contributed by atoms with Crippen LogP contribution in [0.3, 0.4) is 0 Å². The minimum Gasteiger partial charge on any atom is -0.507 e. The number of hydrogen-bond acceptors (Lipinski definition) is 4. The highest BCUT2D eigenvalue weighted by Crippen LogP contribution is 2.12. The summed E-state index contributed by atoms with van der Waals surface area (Å²) in [7, 11) is 0. The zero-order chi connectivity index (χ0) is 11.2. The van der Waals surface area contributed by atoms with Crippen LogP contribution in [0.2, 0.25) is 0 Å². The van der Waals surface area contributed by atoms with Gasteiger partial charge < -0.3 is 5.11 Å². The van der Waals surface area contributed by atoms with Gasteiger partial charge in [-0.05, 0) is 12.1 Å². The van der Waals surface area contributed by atoms with Crippen LogP contribution in [0.5, 0.6) is 5.75 Å². The first-order valence-corrected chi connectivity index (χ1v) is 4.89. The largest absolute Gasteiger partial charge is 0.507 e. The molecule has 0 atom stereocenters. The van der Waals surface area contributed by atoms with Crippen molar-refractivity contribution in [3.8, 4) is 5.75 Å². The molecule has 4 nitrogen and oxygen atoms in total. The Morgan fingerprint density at radius 1 is 1.25 bits per heavy atom. The van der Waals surface area contributed by atoms with Crippen LogP contribution >= 0.6 is 0 Å². The number of hydrogen-bond donors (Lipinski definition) is 1. The molecule has 16 heavy (non-hydrogen) atoms. The lowest BCUT2D eigenvalue weighted by Crippen LogP contribution is -1.89. The molecule has 1 heterocycles. The Kier molecular flexibility index (Phi) is 3.23. The van der Waals surface area contributed by atoms with E-state index in [-0.39, 0.29) is 5.75 Å². The molecule has 4 heteroatoms. The fraction of sp³-hybridized carbons (Fsp3) is 0.0833. The highest BCUT2D eigenvalue weighted by molar-refractivity contribution is 5.83. The van der Waals surface area contributed by atoms with Gasteiger partial charge >= 0.3 is 0 Å². The molecule has 0 saturated heterocycles. The van der Waals surface area contributed by atoms with E-state index >= 15 is 0 Å². The molecule has 0 amide bonds. The molecule has 0 spiro atoms. The third kappa shape index (κ3) is 2.63. The van der Waals surface area contributed by atoms with Crippen LogP contribution in [-0.4, -0.2) is 21.3 Å². The molecular weight excluding hydrogens is 202 g/mol. The number of rotatable bonds is 3. The molecule has 2 rings (SSSR count). The van der Waals surface area contributed by atoms with E-state index in [1.54, 1.807) is 43.0 Å². The van der Waals surface area contributed by atoms with Crippen LogP contribution in [0.4, 0.5) is 0 Å². The molecule has 1 N–H and O–H groups in total. The Hall–Kier alpha value is -2.23. The maximum Gasteiger partial charge on any atom is 0.124 e. The summed E-state index contributed by atoms with van der Waals surface area (Å²) in [6.07, 6.45) is 6.55. The number of nitrogens with zero attached hydrogens (tertiary/aromatic N) is 3. The summed E-state index contributed by atoms with van der Waals surface area (Å²) >= 11 is 0. The highest BCUT2D eigenvalue weighted by atomic mass is 16.3. The molecule has 0 aliphatic carbocycles. The van der Waals surface area contributed by atoms with Crippen molar-refractivity contribution in [2.75, 3.05) is 0 Å². The molecule has 0 aliphatic rings. The highest BCUT2D eigenvalue weighted by Gasteiger charge is 1.94. The summed E-state index contributed by atoms with van der Waals surface area (Å²) in [5.74, 6) is 0.227. The summed E-state index contributed by atoms with van der Waals surface area (Å²) in [6, 6.07) is 7.05. The number of benzene rings is 1. The van der Waals surface area contributed by atoms with Gasteiger partial charge in [0.15, 0.2) is 0 Å². The molecule has 1 aromatic heterocycles. The SMILES string of the molecule is Oc1ccccc1C=NCc1cnccn1. The van der Waals surface area contributed by atoms with Gasteiger partial charge in [-0.25, -0.2) is 0 Å². The average molecular weight is 213 g/mol. The van der Waals surface area contributed by atoms with Crippen LogP contribution in [0, 0.1) is 0 Å². The number of aromatic nitrogens is 2. The molecule has 0 bridgehead atoms. The maximum atomic E-state index is 9.49. The first kappa shape index (κ1) is 10.3. The Morgan fingerprint density at radius 2 is 2.12 bits per heavy atom. The summed E-state index contributed by atoms with van der Waals surface area (Å²) in [5, 5.41) is 9.49. The Balaban J connectivity index is 2.03. The maximum absolute atomic E-state index is 9.49. The third-order valence-corrected chi connectivity index (χ3v) is 2.04. The Morgan fingerprint density at radius 3 is 2.88 bits per heavy atom. The molecule has 1 aromatic carbocycles. The van der Waals surface area contributed by atoms with Crippen LogP contribution in [0.25, 0.3) is 0 Å². The Labute approximate surface area is 93.3 Å². The minimum atomic E-state index is 0.227. The van der Waals surface area contributed by atoms with Crippen molar-refractivity contribution in [3.63, 3.8) is 0 Å². The van der Waals surface area contributed by atoms with E-state index in [9.17, 15) is 5.11 Å². The van der Waals surface area contributed by atoms with Crippen molar-refractivity contribution >= 4 is 6.21 Å². The smallest absolute Gasteiger partial charge is 0.124 e. The van der Waals surface area contributed by atoms with Gasteiger partial charge in [-0.1, -0.05) is 12.1 Å². The molecule has 2 aromatic rings. The fourth-order valence-corrected chi connectivity index (χ4v) is 1.25. The van der Waals surface area contributed by atoms with E-state index in [0.717, 1.165) is 5.69 Å². The van der Waals surface area contributed by atoms with Crippen molar-refractivity contribution < 1.29 is 5.11 Å². The second-order valence-corrected chi connectivity index (χ2v) is 3.23. The Bertz CT molecular complexity index is 483. The van der Waals surface area contributed by atoms with E-state index in [0.29, 0.717) is 12.1 Å². The molecule has 80 valence electrons. The average Bonchev–Trinajstić information content (AvgIpc) is 2.33. The van der Waals surface area contributed by atoms with Crippen molar-refractivity contribution in [3.05, 3.63) is 54.1 Å². The quantitative estimate of drug-likeness (QED) is 0.791. The monoisotopic (exact) mass is 213 g/mol. The lowest BCUT2D eigenvalue weighted by molar-refractivity contribution is 0.474. The number of aromatic hydroxyl groups is 1. The van der Waals surface area contributed by atoms with E-state index in [2.05, 4.69) is 15.0 Å². The summed E-state index contributed by atoms with van der Waals surface area (Å²) in [5.41, 5.74) is 1.50. The summed E-state index contributed by atoms with van der Waals surface area (Å²) in [4.78, 5) is 12.2. The standard InChI is InChI=1S/C12H11N3O/c16-12-4-2-1-3-10(12)7-14-9-11-8-13-5-6-15-11/h1-8,16H,9H2. The topological polar surface area (TPSA) is 58.4 Å². The van der Waals surface area contributed by atoms with E-state index < -0.39 is 0 Å². The van der Waals surface area contributed by atoms with Crippen LogP contribution < -0.4 is 0 Å². The van der Waals surface area contributed by atoms with Crippen molar-refractivity contribution in [1.82, 2.24) is 9.97 Å². The molecule has 0 aliphatic heterocycles. The predicted octanol–water partition coefficient (Wildman–Crippen LogP) is 1.80. The number of phenolic OH excluding ortho intramolecular Hbond substituents is 1. The van der Waals surface area contributed by atoms with Crippen molar-refractivity contribution in [2.24, 2.45) is 4.99 Å².